The van der Waals surface area contributed by atoms with Gasteiger partial charge in [0.15, 0.2) is 0 Å². The maximum atomic E-state index is 11.0. The Morgan fingerprint density at radius 2 is 1.79 bits per heavy atom. The molecule has 1 atom stereocenters. The van der Waals surface area contributed by atoms with Gasteiger partial charge in [0.2, 0.25) is 0 Å². The molecule has 0 aliphatic heterocycles. The van der Waals surface area contributed by atoms with Crippen LogP contribution in [0.3, 0.4) is 0 Å². The van der Waals surface area contributed by atoms with E-state index in [-0.39, 0.29) is 13.2 Å². The first kappa shape index (κ1) is 13.4. The van der Waals surface area contributed by atoms with Crippen molar-refractivity contribution in [2.24, 2.45) is 5.41 Å². The van der Waals surface area contributed by atoms with Crippen molar-refractivity contribution in [3.05, 3.63) is 0 Å². The number of aliphatic hydroxyl groups excluding tert-OH is 2. The van der Waals surface area contributed by atoms with Gasteiger partial charge in [-0.2, -0.15) is 0 Å². The van der Waals surface area contributed by atoms with Crippen molar-refractivity contribution in [3.8, 4) is 0 Å². The van der Waals surface area contributed by atoms with Gasteiger partial charge in [0, 0.05) is 6.61 Å². The lowest BCUT2D eigenvalue weighted by molar-refractivity contribution is -0.153. The van der Waals surface area contributed by atoms with Crippen LogP contribution in [0.4, 0.5) is 0 Å². The molecule has 0 spiro atoms. The van der Waals surface area contributed by atoms with Crippen LogP contribution in [0.1, 0.15) is 39.0 Å². The fourth-order valence-corrected chi connectivity index (χ4v) is 1.50. The van der Waals surface area contributed by atoms with E-state index in [4.69, 9.17) is 15.3 Å². The summed E-state index contributed by atoms with van der Waals surface area (Å²) in [6.07, 6.45) is 2.95. The second-order valence-electron chi connectivity index (χ2n) is 3.67. The van der Waals surface area contributed by atoms with E-state index in [1.807, 2.05) is 6.92 Å². The van der Waals surface area contributed by atoms with Gasteiger partial charge in [-0.3, -0.25) is 4.79 Å². The van der Waals surface area contributed by atoms with Gasteiger partial charge < -0.3 is 15.3 Å². The molecule has 0 heterocycles. The van der Waals surface area contributed by atoms with Crippen LogP contribution < -0.4 is 0 Å². The van der Waals surface area contributed by atoms with Crippen molar-refractivity contribution in [2.75, 3.05) is 13.2 Å². The highest BCUT2D eigenvalue weighted by Gasteiger charge is 2.36. The third kappa shape index (κ3) is 3.64. The highest BCUT2D eigenvalue weighted by Crippen LogP contribution is 2.30. The Balaban J connectivity index is 4.35. The first-order valence-electron chi connectivity index (χ1n) is 5.08. The fourth-order valence-electron chi connectivity index (χ4n) is 1.50. The highest BCUT2D eigenvalue weighted by molar-refractivity contribution is 5.74. The number of hydrogen-bond donors (Lipinski definition) is 3. The molecular weight excluding hydrogens is 184 g/mol. The molecule has 0 rings (SSSR count). The number of carboxylic acid groups (broad SMARTS) is 1. The molecule has 14 heavy (non-hydrogen) atoms. The minimum atomic E-state index is -1.04. The van der Waals surface area contributed by atoms with Crippen LogP contribution in [0.15, 0.2) is 0 Å². The molecule has 4 nitrogen and oxygen atoms in total. The van der Waals surface area contributed by atoms with Gasteiger partial charge in [0.05, 0.1) is 12.0 Å². The third-order valence-electron chi connectivity index (χ3n) is 2.58. The molecule has 0 radical (unpaired) electrons. The molecule has 0 aliphatic carbocycles. The summed E-state index contributed by atoms with van der Waals surface area (Å²) in [4.78, 5) is 11.0. The average molecular weight is 204 g/mol. The molecule has 0 aromatic carbocycles. The Morgan fingerprint density at radius 3 is 2.14 bits per heavy atom. The number of hydrogen-bond acceptors (Lipinski definition) is 3. The first-order chi connectivity index (χ1) is 6.63. The molecule has 4 heteroatoms. The lowest BCUT2D eigenvalue weighted by Gasteiger charge is -2.26. The van der Waals surface area contributed by atoms with Crippen LogP contribution in [0.5, 0.6) is 0 Å². The maximum Gasteiger partial charge on any atom is 0.311 e. The van der Waals surface area contributed by atoms with Gasteiger partial charge in [0.25, 0.3) is 0 Å². The van der Waals surface area contributed by atoms with E-state index < -0.39 is 11.4 Å². The van der Waals surface area contributed by atoms with Gasteiger partial charge in [-0.1, -0.05) is 19.8 Å². The predicted octanol–water partition coefficient (Wildman–Crippen LogP) is 1.01. The summed E-state index contributed by atoms with van der Waals surface area (Å²) in [7, 11) is 0. The van der Waals surface area contributed by atoms with Crippen LogP contribution in [-0.2, 0) is 4.79 Å². The van der Waals surface area contributed by atoms with E-state index in [0.29, 0.717) is 19.3 Å². The Labute approximate surface area is 84.6 Å². The van der Waals surface area contributed by atoms with Crippen molar-refractivity contribution in [1.29, 1.82) is 0 Å². The lowest BCUT2D eigenvalue weighted by atomic mass is 9.79. The number of unbranched alkanes of at least 4 members (excludes halogenated alkanes) is 1. The predicted molar refractivity (Wildman–Crippen MR) is 53.0 cm³/mol. The number of rotatable bonds is 8. The maximum absolute atomic E-state index is 11.0. The molecule has 0 bridgehead atoms. The monoisotopic (exact) mass is 204 g/mol. The molecular formula is C10H20O4. The van der Waals surface area contributed by atoms with Gasteiger partial charge in [0.1, 0.15) is 0 Å². The van der Waals surface area contributed by atoms with Gasteiger partial charge in [-0.25, -0.2) is 0 Å². The van der Waals surface area contributed by atoms with E-state index in [9.17, 15) is 4.79 Å². The molecule has 0 saturated heterocycles. The Hall–Kier alpha value is -0.610. The molecule has 3 N–H and O–H groups in total. The largest absolute Gasteiger partial charge is 0.481 e. The Kier molecular flexibility index (Phi) is 6.49. The molecule has 0 amide bonds. The van der Waals surface area contributed by atoms with E-state index >= 15 is 0 Å². The van der Waals surface area contributed by atoms with Crippen LogP contribution in [0.25, 0.3) is 0 Å². The molecule has 0 fully saturated rings. The molecule has 0 aromatic rings. The zero-order chi connectivity index (χ0) is 11.0. The lowest BCUT2D eigenvalue weighted by Crippen LogP contribution is -2.35. The van der Waals surface area contributed by atoms with E-state index in [0.717, 1.165) is 12.8 Å². The summed E-state index contributed by atoms with van der Waals surface area (Å²) in [6, 6.07) is 0. The summed E-state index contributed by atoms with van der Waals surface area (Å²) in [5.41, 5.74) is -1.04. The van der Waals surface area contributed by atoms with Gasteiger partial charge in [-0.05, 0) is 19.3 Å². The Morgan fingerprint density at radius 1 is 1.21 bits per heavy atom. The second kappa shape index (κ2) is 6.79. The van der Waals surface area contributed by atoms with Crippen LogP contribution in [0.2, 0.25) is 0 Å². The first-order valence-corrected chi connectivity index (χ1v) is 5.08. The van der Waals surface area contributed by atoms with Gasteiger partial charge in [-0.15, -0.1) is 0 Å². The number of carbonyl (C=O) groups is 1. The van der Waals surface area contributed by atoms with Crippen molar-refractivity contribution >= 4 is 5.97 Å². The van der Waals surface area contributed by atoms with Crippen molar-refractivity contribution in [1.82, 2.24) is 0 Å². The minimum Gasteiger partial charge on any atom is -0.481 e. The van der Waals surface area contributed by atoms with Gasteiger partial charge >= 0.3 is 5.97 Å². The topological polar surface area (TPSA) is 77.8 Å². The van der Waals surface area contributed by atoms with Crippen LogP contribution in [0, 0.1) is 5.41 Å². The Bertz CT molecular complexity index is 160. The summed E-state index contributed by atoms with van der Waals surface area (Å²) in [6.45, 7) is 1.61. The van der Waals surface area contributed by atoms with E-state index in [1.165, 1.54) is 0 Å². The number of carboxylic acids is 1. The molecule has 0 aliphatic rings. The summed E-state index contributed by atoms with van der Waals surface area (Å²) >= 11 is 0. The van der Waals surface area contributed by atoms with Crippen LogP contribution >= 0.6 is 0 Å². The summed E-state index contributed by atoms with van der Waals surface area (Å²) in [5.74, 6) is -0.957. The fraction of sp³-hybridized carbons (Fsp3) is 0.900. The summed E-state index contributed by atoms with van der Waals surface area (Å²) in [5, 5.41) is 26.8. The SMILES string of the molecule is CCCCC(CO)(CCCO)C(=O)O. The number of aliphatic hydroxyl groups is 2. The standard InChI is InChI=1S/C10H20O4/c1-2-3-5-10(8-12,9(13)14)6-4-7-11/h11-12H,2-8H2,1H3,(H,13,14). The third-order valence-corrected chi connectivity index (χ3v) is 2.58. The normalized spacial score (nSPS) is 15.1. The zero-order valence-electron chi connectivity index (χ0n) is 8.70. The minimum absolute atomic E-state index is 0.0266. The average Bonchev–Trinajstić information content (AvgIpc) is 2.18. The summed E-state index contributed by atoms with van der Waals surface area (Å²) < 4.78 is 0. The highest BCUT2D eigenvalue weighted by atomic mass is 16.4. The van der Waals surface area contributed by atoms with Crippen LogP contribution in [-0.4, -0.2) is 34.5 Å². The number of aliphatic carboxylic acids is 1. The smallest absolute Gasteiger partial charge is 0.311 e. The van der Waals surface area contributed by atoms with Crippen molar-refractivity contribution in [3.63, 3.8) is 0 Å². The molecule has 84 valence electrons. The second-order valence-corrected chi connectivity index (χ2v) is 3.67. The quantitative estimate of drug-likeness (QED) is 0.551. The van der Waals surface area contributed by atoms with Crippen molar-refractivity contribution < 1.29 is 20.1 Å². The van der Waals surface area contributed by atoms with E-state index in [2.05, 4.69) is 0 Å². The van der Waals surface area contributed by atoms with Crippen molar-refractivity contribution in [2.45, 2.75) is 39.0 Å². The molecule has 0 saturated carbocycles. The zero-order valence-corrected chi connectivity index (χ0v) is 8.70. The van der Waals surface area contributed by atoms with E-state index in [1.54, 1.807) is 0 Å². The molecule has 1 unspecified atom stereocenters. The molecule has 0 aromatic heterocycles.